The standard InChI is InChI=1S/C16H15BrClF/c1-10-6-7-12(8-11(10)2)9-14(18)16-13(17)4-3-5-15(16)19/h3-8,14H,9H2,1-2H3. The molecule has 0 heterocycles. The first kappa shape index (κ1) is 14.5. The summed E-state index contributed by atoms with van der Waals surface area (Å²) in [5.74, 6) is -0.266. The van der Waals surface area contributed by atoms with Gasteiger partial charge in [0.25, 0.3) is 0 Å². The van der Waals surface area contributed by atoms with Crippen LogP contribution in [0.4, 0.5) is 4.39 Å². The number of aryl methyl sites for hydroxylation is 2. The average molecular weight is 342 g/mol. The molecule has 3 heteroatoms. The number of hydrogen-bond donors (Lipinski definition) is 0. The van der Waals surface area contributed by atoms with Crippen LogP contribution in [0.3, 0.4) is 0 Å². The van der Waals surface area contributed by atoms with E-state index in [9.17, 15) is 4.39 Å². The quantitative estimate of drug-likeness (QED) is 0.626. The summed E-state index contributed by atoms with van der Waals surface area (Å²) in [6.45, 7) is 4.14. The topological polar surface area (TPSA) is 0 Å². The van der Waals surface area contributed by atoms with Crippen molar-refractivity contribution in [2.24, 2.45) is 0 Å². The molecule has 1 atom stereocenters. The number of rotatable bonds is 3. The van der Waals surface area contributed by atoms with Gasteiger partial charge in [0, 0.05) is 10.0 Å². The molecule has 2 aromatic carbocycles. The maximum absolute atomic E-state index is 13.8. The zero-order valence-corrected chi connectivity index (χ0v) is 13.2. The van der Waals surface area contributed by atoms with Crippen LogP contribution in [0.1, 0.15) is 27.6 Å². The minimum atomic E-state index is -0.377. The zero-order valence-electron chi connectivity index (χ0n) is 10.9. The van der Waals surface area contributed by atoms with Crippen LogP contribution in [-0.4, -0.2) is 0 Å². The Morgan fingerprint density at radius 3 is 2.53 bits per heavy atom. The summed E-state index contributed by atoms with van der Waals surface area (Å²) < 4.78 is 14.6. The Morgan fingerprint density at radius 1 is 1.16 bits per heavy atom. The molecular weight excluding hydrogens is 327 g/mol. The van der Waals surface area contributed by atoms with Gasteiger partial charge in [-0.25, -0.2) is 4.39 Å². The van der Waals surface area contributed by atoms with Crippen molar-refractivity contribution in [3.05, 3.63) is 68.9 Å². The Bertz CT molecular complexity index is 575. The fraction of sp³-hybridized carbons (Fsp3) is 0.250. The second-order valence-corrected chi connectivity index (χ2v) is 6.11. The fourth-order valence-corrected chi connectivity index (χ4v) is 3.20. The molecular formula is C16H15BrClF. The van der Waals surface area contributed by atoms with Gasteiger partial charge in [-0.05, 0) is 49.1 Å². The van der Waals surface area contributed by atoms with Crippen molar-refractivity contribution in [3.63, 3.8) is 0 Å². The van der Waals surface area contributed by atoms with E-state index in [0.717, 1.165) is 10.0 Å². The Labute approximate surface area is 126 Å². The minimum absolute atomic E-state index is 0.266. The van der Waals surface area contributed by atoms with E-state index in [1.54, 1.807) is 6.07 Å². The SMILES string of the molecule is Cc1ccc(CC(Cl)c2c(F)cccc2Br)cc1C. The van der Waals surface area contributed by atoms with Gasteiger partial charge >= 0.3 is 0 Å². The van der Waals surface area contributed by atoms with Gasteiger partial charge < -0.3 is 0 Å². The van der Waals surface area contributed by atoms with Crippen molar-refractivity contribution in [1.29, 1.82) is 0 Å². The van der Waals surface area contributed by atoms with Crippen LogP contribution >= 0.6 is 27.5 Å². The van der Waals surface area contributed by atoms with Crippen molar-refractivity contribution in [3.8, 4) is 0 Å². The molecule has 0 saturated heterocycles. The summed E-state index contributed by atoms with van der Waals surface area (Å²) in [5.41, 5.74) is 4.14. The molecule has 0 saturated carbocycles. The summed E-state index contributed by atoms with van der Waals surface area (Å²) in [6.07, 6.45) is 0.613. The highest BCUT2D eigenvalue weighted by atomic mass is 79.9. The summed E-state index contributed by atoms with van der Waals surface area (Å²) in [6, 6.07) is 11.2. The Hall–Kier alpha value is -0.860. The van der Waals surface area contributed by atoms with E-state index in [2.05, 4.69) is 41.9 Å². The van der Waals surface area contributed by atoms with Crippen LogP contribution in [0.25, 0.3) is 0 Å². The molecule has 0 amide bonds. The van der Waals surface area contributed by atoms with Crippen molar-refractivity contribution in [2.45, 2.75) is 25.6 Å². The monoisotopic (exact) mass is 340 g/mol. The van der Waals surface area contributed by atoms with E-state index >= 15 is 0 Å². The highest BCUT2D eigenvalue weighted by Gasteiger charge is 2.17. The van der Waals surface area contributed by atoms with E-state index in [4.69, 9.17) is 11.6 Å². The molecule has 0 radical (unpaired) electrons. The Balaban J connectivity index is 2.25. The largest absolute Gasteiger partial charge is 0.207 e. The van der Waals surface area contributed by atoms with E-state index < -0.39 is 0 Å². The second-order valence-electron chi connectivity index (χ2n) is 4.73. The third kappa shape index (κ3) is 3.37. The molecule has 0 aromatic heterocycles. The van der Waals surface area contributed by atoms with E-state index in [1.807, 2.05) is 12.1 Å². The lowest BCUT2D eigenvalue weighted by Gasteiger charge is -2.14. The van der Waals surface area contributed by atoms with Crippen molar-refractivity contribution in [2.75, 3.05) is 0 Å². The van der Waals surface area contributed by atoms with Gasteiger partial charge in [0.15, 0.2) is 0 Å². The van der Waals surface area contributed by atoms with Crippen LogP contribution in [0.15, 0.2) is 40.9 Å². The molecule has 0 aliphatic heterocycles. The highest BCUT2D eigenvalue weighted by molar-refractivity contribution is 9.10. The van der Waals surface area contributed by atoms with Gasteiger partial charge in [0.05, 0.1) is 5.38 Å². The average Bonchev–Trinajstić information content (AvgIpc) is 2.33. The predicted octanol–water partition coefficient (Wildman–Crippen LogP) is 5.73. The molecule has 2 rings (SSSR count). The second kappa shape index (κ2) is 6.06. The molecule has 0 aliphatic carbocycles. The maximum atomic E-state index is 13.8. The van der Waals surface area contributed by atoms with Gasteiger partial charge in [0.2, 0.25) is 0 Å². The highest BCUT2D eigenvalue weighted by Crippen LogP contribution is 2.33. The smallest absolute Gasteiger partial charge is 0.129 e. The maximum Gasteiger partial charge on any atom is 0.129 e. The molecule has 0 aliphatic rings. The molecule has 19 heavy (non-hydrogen) atoms. The number of hydrogen-bond acceptors (Lipinski definition) is 0. The minimum Gasteiger partial charge on any atom is -0.207 e. The summed E-state index contributed by atoms with van der Waals surface area (Å²) in [7, 11) is 0. The summed E-state index contributed by atoms with van der Waals surface area (Å²) in [4.78, 5) is 0. The molecule has 0 bridgehead atoms. The number of alkyl halides is 1. The molecule has 0 spiro atoms. The van der Waals surface area contributed by atoms with Crippen LogP contribution < -0.4 is 0 Å². The van der Waals surface area contributed by atoms with Crippen LogP contribution in [0.5, 0.6) is 0 Å². The van der Waals surface area contributed by atoms with Crippen LogP contribution in [-0.2, 0) is 6.42 Å². The van der Waals surface area contributed by atoms with Gasteiger partial charge in [-0.1, -0.05) is 40.2 Å². The number of halogens is 3. The van der Waals surface area contributed by atoms with Crippen LogP contribution in [0.2, 0.25) is 0 Å². The van der Waals surface area contributed by atoms with Crippen LogP contribution in [0, 0.1) is 19.7 Å². The Kier molecular flexibility index (Phi) is 4.64. The van der Waals surface area contributed by atoms with E-state index in [-0.39, 0.29) is 11.2 Å². The first-order chi connectivity index (χ1) is 8.99. The third-order valence-electron chi connectivity index (χ3n) is 3.30. The third-order valence-corrected chi connectivity index (χ3v) is 4.36. The fourth-order valence-electron chi connectivity index (χ4n) is 2.05. The zero-order chi connectivity index (χ0) is 14.0. The normalized spacial score (nSPS) is 12.5. The summed E-state index contributed by atoms with van der Waals surface area (Å²) in [5, 5.41) is -0.377. The van der Waals surface area contributed by atoms with Crippen molar-refractivity contribution in [1.82, 2.24) is 0 Å². The predicted molar refractivity (Wildman–Crippen MR) is 82.3 cm³/mol. The molecule has 0 nitrogen and oxygen atoms in total. The van der Waals surface area contributed by atoms with Crippen molar-refractivity contribution >= 4 is 27.5 Å². The Morgan fingerprint density at radius 2 is 1.89 bits per heavy atom. The lowest BCUT2D eigenvalue weighted by molar-refractivity contribution is 0.604. The molecule has 0 fully saturated rings. The molecule has 0 N–H and O–H groups in total. The molecule has 1 unspecified atom stereocenters. The van der Waals surface area contributed by atoms with E-state index in [0.29, 0.717) is 12.0 Å². The molecule has 2 aromatic rings. The lowest BCUT2D eigenvalue weighted by atomic mass is 10.00. The number of benzene rings is 2. The van der Waals surface area contributed by atoms with Gasteiger partial charge in [-0.3, -0.25) is 0 Å². The van der Waals surface area contributed by atoms with Crippen molar-refractivity contribution < 1.29 is 4.39 Å². The van der Waals surface area contributed by atoms with Gasteiger partial charge in [-0.15, -0.1) is 11.6 Å². The van der Waals surface area contributed by atoms with E-state index in [1.165, 1.54) is 17.2 Å². The van der Waals surface area contributed by atoms with Gasteiger partial charge in [-0.2, -0.15) is 0 Å². The van der Waals surface area contributed by atoms with Gasteiger partial charge in [0.1, 0.15) is 5.82 Å². The molecule has 100 valence electrons. The summed E-state index contributed by atoms with van der Waals surface area (Å²) >= 11 is 9.74. The first-order valence-electron chi connectivity index (χ1n) is 6.13. The lowest BCUT2D eigenvalue weighted by Crippen LogP contribution is -2.01. The first-order valence-corrected chi connectivity index (χ1v) is 7.36.